The minimum Gasteiger partial charge on any atom is -0.368 e. The SMILES string of the molecule is Cc1nc(C)c(Cc2cccc3c2-c2nc(N)nc(-c4ccc(F)cc4)c2C3)s1. The highest BCUT2D eigenvalue weighted by Crippen LogP contribution is 2.42. The van der Waals surface area contributed by atoms with E-state index in [1.165, 1.54) is 28.1 Å². The molecule has 0 radical (unpaired) electrons. The van der Waals surface area contributed by atoms with Crippen LogP contribution >= 0.6 is 11.3 Å². The van der Waals surface area contributed by atoms with E-state index in [0.29, 0.717) is 0 Å². The molecule has 0 unspecified atom stereocenters. The van der Waals surface area contributed by atoms with E-state index in [4.69, 9.17) is 5.73 Å². The molecule has 0 saturated heterocycles. The first-order valence-corrected chi connectivity index (χ1v) is 10.3. The van der Waals surface area contributed by atoms with E-state index in [-0.39, 0.29) is 11.8 Å². The highest BCUT2D eigenvalue weighted by atomic mass is 32.1. The van der Waals surface area contributed by atoms with E-state index < -0.39 is 0 Å². The van der Waals surface area contributed by atoms with E-state index >= 15 is 0 Å². The molecule has 6 heteroatoms. The summed E-state index contributed by atoms with van der Waals surface area (Å²) in [5.41, 5.74) is 14.3. The van der Waals surface area contributed by atoms with Crippen LogP contribution in [-0.4, -0.2) is 15.0 Å². The molecule has 5 rings (SSSR count). The molecule has 2 N–H and O–H groups in total. The number of nitrogens with zero attached hydrogens (tertiary/aromatic N) is 3. The topological polar surface area (TPSA) is 64.7 Å². The minimum atomic E-state index is -0.270. The molecular formula is C23H19FN4S. The summed E-state index contributed by atoms with van der Waals surface area (Å²) >= 11 is 1.74. The van der Waals surface area contributed by atoms with E-state index in [1.54, 1.807) is 23.5 Å². The van der Waals surface area contributed by atoms with Gasteiger partial charge in [0.2, 0.25) is 5.95 Å². The molecule has 2 aromatic heterocycles. The Kier molecular flexibility index (Phi) is 4.17. The Morgan fingerprint density at radius 2 is 1.76 bits per heavy atom. The van der Waals surface area contributed by atoms with Crippen molar-refractivity contribution in [2.75, 3.05) is 5.73 Å². The Morgan fingerprint density at radius 3 is 2.48 bits per heavy atom. The van der Waals surface area contributed by atoms with Crippen molar-refractivity contribution < 1.29 is 4.39 Å². The molecule has 0 fully saturated rings. The van der Waals surface area contributed by atoms with Gasteiger partial charge in [0.25, 0.3) is 0 Å². The van der Waals surface area contributed by atoms with Gasteiger partial charge >= 0.3 is 0 Å². The zero-order valence-electron chi connectivity index (χ0n) is 16.2. The van der Waals surface area contributed by atoms with Crippen molar-refractivity contribution >= 4 is 17.3 Å². The average molecular weight is 402 g/mol. The van der Waals surface area contributed by atoms with Gasteiger partial charge in [-0.05, 0) is 49.2 Å². The second-order valence-corrected chi connectivity index (χ2v) is 8.60. The number of rotatable bonds is 3. The van der Waals surface area contributed by atoms with Crippen LogP contribution in [-0.2, 0) is 12.8 Å². The monoisotopic (exact) mass is 402 g/mol. The zero-order valence-corrected chi connectivity index (χ0v) is 17.0. The standard InChI is InChI=1S/C23H19FN4S/c1-12-19(29-13(2)26-12)11-16-5-3-4-15-10-18-21(14-6-8-17(24)9-7-14)27-23(25)28-22(18)20(15)16/h3-9H,10-11H2,1-2H3,(H2,25,27,28). The normalized spacial score (nSPS) is 12.1. The number of hydrogen-bond donors (Lipinski definition) is 1. The first-order chi connectivity index (χ1) is 14.0. The minimum absolute atomic E-state index is 0.232. The van der Waals surface area contributed by atoms with Crippen molar-refractivity contribution in [3.05, 3.63) is 80.6 Å². The average Bonchev–Trinajstić information content (AvgIpc) is 3.21. The van der Waals surface area contributed by atoms with Crippen molar-refractivity contribution in [1.29, 1.82) is 0 Å². The Morgan fingerprint density at radius 1 is 1.00 bits per heavy atom. The molecule has 1 aliphatic rings. The molecule has 144 valence electrons. The van der Waals surface area contributed by atoms with Crippen LogP contribution in [0.4, 0.5) is 10.3 Å². The maximum Gasteiger partial charge on any atom is 0.221 e. The van der Waals surface area contributed by atoms with Crippen LogP contribution in [0.15, 0.2) is 42.5 Å². The van der Waals surface area contributed by atoms with Gasteiger partial charge in [0.15, 0.2) is 0 Å². The maximum atomic E-state index is 13.4. The highest BCUT2D eigenvalue weighted by Gasteiger charge is 2.27. The lowest BCUT2D eigenvalue weighted by atomic mass is 9.99. The molecule has 4 nitrogen and oxygen atoms in total. The number of nitrogens with two attached hydrogens (primary N) is 1. The highest BCUT2D eigenvalue weighted by molar-refractivity contribution is 7.11. The number of hydrogen-bond acceptors (Lipinski definition) is 5. The van der Waals surface area contributed by atoms with Crippen LogP contribution in [0, 0.1) is 19.7 Å². The Labute approximate surface area is 172 Å². The van der Waals surface area contributed by atoms with Gasteiger partial charge in [0.1, 0.15) is 5.82 Å². The summed E-state index contributed by atoms with van der Waals surface area (Å²) < 4.78 is 13.4. The van der Waals surface area contributed by atoms with E-state index in [1.807, 2.05) is 6.92 Å². The number of aromatic nitrogens is 3. The number of aryl methyl sites for hydroxylation is 2. The second-order valence-electron chi connectivity index (χ2n) is 7.31. The van der Waals surface area contributed by atoms with Gasteiger partial charge in [-0.15, -0.1) is 11.3 Å². The third-order valence-corrected chi connectivity index (χ3v) is 6.41. The van der Waals surface area contributed by atoms with Gasteiger partial charge in [-0.3, -0.25) is 0 Å². The number of thiazole rings is 1. The third-order valence-electron chi connectivity index (χ3n) is 5.33. The lowest BCUT2D eigenvalue weighted by Gasteiger charge is -2.11. The first-order valence-electron chi connectivity index (χ1n) is 9.46. The van der Waals surface area contributed by atoms with E-state index in [2.05, 4.69) is 40.1 Å². The summed E-state index contributed by atoms with van der Waals surface area (Å²) in [5, 5.41) is 1.08. The van der Waals surface area contributed by atoms with Crippen LogP contribution in [0.1, 0.15) is 32.3 Å². The predicted octanol–water partition coefficient (Wildman–Crippen LogP) is 5.10. The van der Waals surface area contributed by atoms with E-state index in [0.717, 1.165) is 51.6 Å². The number of nitrogen functional groups attached to an aromatic ring is 1. The van der Waals surface area contributed by atoms with Gasteiger partial charge in [-0.1, -0.05) is 18.2 Å². The van der Waals surface area contributed by atoms with Crippen LogP contribution in [0.5, 0.6) is 0 Å². The lowest BCUT2D eigenvalue weighted by Crippen LogP contribution is -2.02. The van der Waals surface area contributed by atoms with Crippen LogP contribution in [0.3, 0.4) is 0 Å². The fourth-order valence-electron chi connectivity index (χ4n) is 4.08. The predicted molar refractivity (Wildman–Crippen MR) is 114 cm³/mol. The zero-order chi connectivity index (χ0) is 20.1. The molecule has 0 aliphatic heterocycles. The summed E-state index contributed by atoms with van der Waals surface area (Å²) in [5.74, 6) is -0.0382. The van der Waals surface area contributed by atoms with Gasteiger partial charge in [0.05, 0.1) is 22.1 Å². The summed E-state index contributed by atoms with van der Waals surface area (Å²) in [4.78, 5) is 14.9. The Hall–Kier alpha value is -3.12. The molecule has 0 amide bonds. The molecule has 4 aromatic rings. The van der Waals surface area contributed by atoms with E-state index in [9.17, 15) is 4.39 Å². The molecule has 0 spiro atoms. The van der Waals surface area contributed by atoms with Gasteiger partial charge < -0.3 is 5.73 Å². The fourth-order valence-corrected chi connectivity index (χ4v) is 5.04. The number of fused-ring (bicyclic) bond motifs is 3. The summed E-state index contributed by atoms with van der Waals surface area (Å²) in [7, 11) is 0. The quantitative estimate of drug-likeness (QED) is 0.456. The van der Waals surface area contributed by atoms with Gasteiger partial charge in [-0.25, -0.2) is 19.3 Å². The van der Waals surface area contributed by atoms with Crippen molar-refractivity contribution in [3.63, 3.8) is 0 Å². The third kappa shape index (κ3) is 3.09. The first kappa shape index (κ1) is 17.9. The fraction of sp³-hybridized carbons (Fsp3) is 0.174. The van der Waals surface area contributed by atoms with Crippen molar-refractivity contribution in [3.8, 4) is 22.5 Å². The van der Waals surface area contributed by atoms with Crippen molar-refractivity contribution in [2.45, 2.75) is 26.7 Å². The van der Waals surface area contributed by atoms with Gasteiger partial charge in [-0.2, -0.15) is 0 Å². The van der Waals surface area contributed by atoms with Crippen molar-refractivity contribution in [2.24, 2.45) is 0 Å². The number of halogens is 1. The molecule has 29 heavy (non-hydrogen) atoms. The molecule has 1 aliphatic carbocycles. The largest absolute Gasteiger partial charge is 0.368 e. The molecular weight excluding hydrogens is 383 g/mol. The summed E-state index contributed by atoms with van der Waals surface area (Å²) in [6, 6.07) is 12.8. The van der Waals surface area contributed by atoms with Crippen LogP contribution in [0.25, 0.3) is 22.5 Å². The molecule has 0 bridgehead atoms. The van der Waals surface area contributed by atoms with Crippen LogP contribution in [0.2, 0.25) is 0 Å². The summed E-state index contributed by atoms with van der Waals surface area (Å²) in [6.45, 7) is 4.09. The Bertz CT molecular complexity index is 1240. The number of anilines is 1. The second kappa shape index (κ2) is 6.74. The van der Waals surface area contributed by atoms with Crippen LogP contribution < -0.4 is 5.73 Å². The summed E-state index contributed by atoms with van der Waals surface area (Å²) in [6.07, 6.45) is 1.56. The van der Waals surface area contributed by atoms with Crippen molar-refractivity contribution in [1.82, 2.24) is 15.0 Å². The molecule has 2 heterocycles. The number of benzene rings is 2. The smallest absolute Gasteiger partial charge is 0.221 e. The molecule has 0 atom stereocenters. The molecule has 0 saturated carbocycles. The maximum absolute atomic E-state index is 13.4. The lowest BCUT2D eigenvalue weighted by molar-refractivity contribution is 0.628. The van der Waals surface area contributed by atoms with Gasteiger partial charge in [0, 0.05) is 34.4 Å². The Balaban J connectivity index is 1.66. The molecule has 2 aromatic carbocycles.